The largest absolute Gasteiger partial charge is 0.362 e. The number of hydrogen-bond acceptors (Lipinski definition) is 5. The second kappa shape index (κ2) is 8.42. The van der Waals surface area contributed by atoms with E-state index in [1.54, 1.807) is 25.2 Å². The molecule has 1 aromatic heterocycles. The van der Waals surface area contributed by atoms with Crippen LogP contribution >= 0.6 is 0 Å². The molecule has 0 radical (unpaired) electrons. The summed E-state index contributed by atoms with van der Waals surface area (Å²) < 4.78 is 22.2. The van der Waals surface area contributed by atoms with Gasteiger partial charge in [0, 0.05) is 20.0 Å². The van der Waals surface area contributed by atoms with Crippen LogP contribution in [-0.4, -0.2) is 52.9 Å². The Morgan fingerprint density at radius 3 is 2.87 bits per heavy atom. The zero-order valence-electron chi connectivity index (χ0n) is 16.6. The number of amides is 2. The fourth-order valence-corrected chi connectivity index (χ4v) is 4.03. The Morgan fingerprint density at radius 2 is 2.10 bits per heavy atom. The molecule has 2 aromatic rings. The summed E-state index contributed by atoms with van der Waals surface area (Å²) in [6.07, 6.45) is -0.459. The van der Waals surface area contributed by atoms with Gasteiger partial charge in [-0.15, -0.1) is 0 Å². The highest BCUT2D eigenvalue weighted by atomic mass is 19.1. The molecule has 0 bridgehead atoms. The first-order valence-corrected chi connectivity index (χ1v) is 9.96. The lowest BCUT2D eigenvalue weighted by Crippen LogP contribution is -2.44. The first-order valence-electron chi connectivity index (χ1n) is 9.96. The van der Waals surface area contributed by atoms with E-state index in [2.05, 4.69) is 22.5 Å². The molecule has 9 heteroatoms. The first kappa shape index (κ1) is 20.3. The van der Waals surface area contributed by atoms with Gasteiger partial charge in [0.05, 0.1) is 22.7 Å². The number of ether oxygens (including phenoxy) is 1. The lowest BCUT2D eigenvalue weighted by atomic mass is 10.1. The third-order valence-electron chi connectivity index (χ3n) is 5.57. The fourth-order valence-electron chi connectivity index (χ4n) is 4.03. The minimum atomic E-state index is -1.05. The number of carbonyl (C=O) groups excluding carboxylic acids is 2. The second-order valence-corrected chi connectivity index (χ2v) is 7.51. The first-order chi connectivity index (χ1) is 14.5. The molecule has 1 aromatic carbocycles. The molecule has 3 heterocycles. The molecule has 2 fully saturated rings. The minimum absolute atomic E-state index is 0.0866. The summed E-state index contributed by atoms with van der Waals surface area (Å²) in [7, 11) is 1.62. The number of aryl methyl sites for hydroxylation is 1. The zero-order valence-corrected chi connectivity index (χ0v) is 16.6. The highest BCUT2D eigenvalue weighted by molar-refractivity contribution is 6.00. The number of benzene rings is 1. The van der Waals surface area contributed by atoms with Crippen molar-refractivity contribution in [2.75, 3.05) is 19.7 Å². The SMILES string of the molecule is Cn1c(=O)n(C2CCC(=O)NC2=O)c2cccc(C#CCOC3CCNCC3F)c21. The van der Waals surface area contributed by atoms with Crippen LogP contribution in [0.5, 0.6) is 0 Å². The number of piperidine rings is 2. The van der Waals surface area contributed by atoms with E-state index in [1.807, 2.05) is 0 Å². The van der Waals surface area contributed by atoms with E-state index in [0.29, 0.717) is 29.6 Å². The molecule has 3 unspecified atom stereocenters. The van der Waals surface area contributed by atoms with Gasteiger partial charge in [-0.25, -0.2) is 9.18 Å². The van der Waals surface area contributed by atoms with E-state index in [-0.39, 0.29) is 37.6 Å². The van der Waals surface area contributed by atoms with E-state index in [9.17, 15) is 18.8 Å². The quantitative estimate of drug-likeness (QED) is 0.560. The molecular weight excluding hydrogens is 391 g/mol. The Bertz CT molecular complexity index is 1110. The van der Waals surface area contributed by atoms with Crippen molar-refractivity contribution < 1.29 is 18.7 Å². The number of fused-ring (bicyclic) bond motifs is 1. The monoisotopic (exact) mass is 414 g/mol. The molecular formula is C21H23FN4O4. The molecule has 0 spiro atoms. The van der Waals surface area contributed by atoms with Crippen molar-refractivity contribution in [2.45, 2.75) is 37.6 Å². The van der Waals surface area contributed by atoms with E-state index < -0.39 is 24.2 Å². The number of imidazole rings is 1. The average Bonchev–Trinajstić information content (AvgIpc) is 2.98. The van der Waals surface area contributed by atoms with Gasteiger partial charge in [0.25, 0.3) is 0 Å². The Morgan fingerprint density at radius 1 is 1.27 bits per heavy atom. The Hall–Kier alpha value is -2.96. The van der Waals surface area contributed by atoms with Gasteiger partial charge in [-0.3, -0.25) is 24.0 Å². The van der Waals surface area contributed by atoms with E-state index >= 15 is 0 Å². The molecule has 2 amide bonds. The van der Waals surface area contributed by atoms with Crippen LogP contribution in [0.3, 0.4) is 0 Å². The standard InChI is InChI=1S/C21H23FN4O4/c1-25-19-13(5-3-11-30-17-9-10-23-12-14(17)22)4-2-6-15(19)26(21(25)29)16-7-8-18(27)24-20(16)28/h2,4,6,14,16-17,23H,7-12H2,1H3,(H,24,27,28). The van der Waals surface area contributed by atoms with Crippen molar-refractivity contribution in [1.82, 2.24) is 19.8 Å². The van der Waals surface area contributed by atoms with Crippen LogP contribution in [0.15, 0.2) is 23.0 Å². The van der Waals surface area contributed by atoms with Gasteiger partial charge in [-0.05, 0) is 31.5 Å². The molecule has 2 aliphatic rings. The average molecular weight is 414 g/mol. The molecule has 8 nitrogen and oxygen atoms in total. The number of rotatable bonds is 3. The zero-order chi connectivity index (χ0) is 21.3. The van der Waals surface area contributed by atoms with Crippen LogP contribution in [0.2, 0.25) is 0 Å². The third kappa shape index (κ3) is 3.76. The van der Waals surface area contributed by atoms with E-state index in [0.717, 1.165) is 0 Å². The minimum Gasteiger partial charge on any atom is -0.362 e. The molecule has 0 saturated carbocycles. The molecule has 2 saturated heterocycles. The normalized spacial score (nSPS) is 24.4. The lowest BCUT2D eigenvalue weighted by molar-refractivity contribution is -0.135. The van der Waals surface area contributed by atoms with Crippen molar-refractivity contribution in [3.63, 3.8) is 0 Å². The number of aromatic nitrogens is 2. The van der Waals surface area contributed by atoms with Gasteiger partial charge in [-0.2, -0.15) is 0 Å². The summed E-state index contributed by atoms with van der Waals surface area (Å²) in [4.78, 5) is 36.6. The van der Waals surface area contributed by atoms with Gasteiger partial charge in [-0.1, -0.05) is 17.9 Å². The summed E-state index contributed by atoms with van der Waals surface area (Å²) in [5.41, 5.74) is 1.45. The molecule has 2 aliphatic heterocycles. The number of para-hydroxylation sites is 1. The van der Waals surface area contributed by atoms with Gasteiger partial charge < -0.3 is 10.1 Å². The fraction of sp³-hybridized carbons (Fsp3) is 0.476. The smallest absolute Gasteiger partial charge is 0.329 e. The molecule has 2 N–H and O–H groups in total. The molecule has 158 valence electrons. The number of hydrogen-bond donors (Lipinski definition) is 2. The summed E-state index contributed by atoms with van der Waals surface area (Å²) >= 11 is 0. The van der Waals surface area contributed by atoms with Gasteiger partial charge in [0.15, 0.2) is 0 Å². The van der Waals surface area contributed by atoms with Crippen molar-refractivity contribution in [1.29, 1.82) is 0 Å². The van der Waals surface area contributed by atoms with Gasteiger partial charge >= 0.3 is 5.69 Å². The summed E-state index contributed by atoms with van der Waals surface area (Å²) in [5.74, 6) is 5.10. The third-order valence-corrected chi connectivity index (χ3v) is 5.57. The Balaban J connectivity index is 1.61. The number of alkyl halides is 1. The van der Waals surface area contributed by atoms with Crippen LogP contribution < -0.4 is 16.3 Å². The number of imide groups is 1. The number of halogens is 1. The van der Waals surface area contributed by atoms with Crippen LogP contribution in [0.1, 0.15) is 30.9 Å². The van der Waals surface area contributed by atoms with Gasteiger partial charge in [0.1, 0.15) is 18.8 Å². The number of nitrogens with zero attached hydrogens (tertiary/aromatic N) is 2. The highest BCUT2D eigenvalue weighted by Gasteiger charge is 2.31. The topological polar surface area (TPSA) is 94.4 Å². The van der Waals surface area contributed by atoms with Crippen LogP contribution in [0.4, 0.5) is 4.39 Å². The van der Waals surface area contributed by atoms with Crippen molar-refractivity contribution >= 4 is 22.8 Å². The highest BCUT2D eigenvalue weighted by Crippen LogP contribution is 2.24. The number of carbonyl (C=O) groups is 2. The Kier molecular flexibility index (Phi) is 5.70. The molecule has 30 heavy (non-hydrogen) atoms. The summed E-state index contributed by atoms with van der Waals surface area (Å²) in [6, 6.07) is 4.56. The van der Waals surface area contributed by atoms with Gasteiger partial charge in [0.2, 0.25) is 11.8 Å². The van der Waals surface area contributed by atoms with Crippen LogP contribution in [-0.2, 0) is 21.4 Å². The van der Waals surface area contributed by atoms with Crippen molar-refractivity contribution in [3.8, 4) is 11.8 Å². The van der Waals surface area contributed by atoms with Crippen LogP contribution in [0, 0.1) is 11.8 Å². The maximum Gasteiger partial charge on any atom is 0.329 e. The molecule has 3 atom stereocenters. The van der Waals surface area contributed by atoms with Crippen LogP contribution in [0.25, 0.3) is 11.0 Å². The molecule has 4 rings (SSSR count). The lowest BCUT2D eigenvalue weighted by Gasteiger charge is -2.25. The van der Waals surface area contributed by atoms with E-state index in [1.165, 1.54) is 9.13 Å². The van der Waals surface area contributed by atoms with Crippen molar-refractivity contribution in [3.05, 3.63) is 34.2 Å². The summed E-state index contributed by atoms with van der Waals surface area (Å²) in [6.45, 7) is 1.09. The maximum absolute atomic E-state index is 13.8. The number of nitrogens with one attached hydrogen (secondary N) is 2. The second-order valence-electron chi connectivity index (χ2n) is 7.51. The predicted octanol–water partition coefficient (Wildman–Crippen LogP) is 0.386. The Labute approximate surface area is 172 Å². The van der Waals surface area contributed by atoms with Crippen molar-refractivity contribution in [2.24, 2.45) is 7.05 Å². The predicted molar refractivity (Wildman–Crippen MR) is 108 cm³/mol. The van der Waals surface area contributed by atoms with E-state index in [4.69, 9.17) is 4.74 Å². The summed E-state index contributed by atoms with van der Waals surface area (Å²) in [5, 5.41) is 5.27. The molecule has 0 aliphatic carbocycles. The maximum atomic E-state index is 13.8.